The maximum Gasteiger partial charge on any atom is 0.435 e. The molecule has 0 fully saturated rings. The van der Waals surface area contributed by atoms with Crippen LogP contribution in [0.5, 0.6) is 5.75 Å². The van der Waals surface area contributed by atoms with Gasteiger partial charge in [-0.2, -0.15) is 23.3 Å². The van der Waals surface area contributed by atoms with E-state index in [2.05, 4.69) is 15.2 Å². The van der Waals surface area contributed by atoms with E-state index in [9.17, 15) is 13.2 Å². The summed E-state index contributed by atoms with van der Waals surface area (Å²) in [5.74, 6) is 0.818. The zero-order valence-corrected chi connectivity index (χ0v) is 14.8. The second kappa shape index (κ2) is 6.64. The summed E-state index contributed by atoms with van der Waals surface area (Å²) in [5, 5.41) is 7.94. The predicted octanol–water partition coefficient (Wildman–Crippen LogP) is 4.53. The van der Waals surface area contributed by atoms with Crippen molar-refractivity contribution in [3.8, 4) is 17.1 Å². The third-order valence-electron chi connectivity index (χ3n) is 3.78. The molecule has 6 nitrogen and oxygen atoms in total. The van der Waals surface area contributed by atoms with Crippen LogP contribution in [0.2, 0.25) is 5.02 Å². The summed E-state index contributed by atoms with van der Waals surface area (Å²) in [4.78, 5) is 4.26. The summed E-state index contributed by atoms with van der Waals surface area (Å²) in [5.41, 5.74) is -0.140. The Morgan fingerprint density at radius 2 is 2.00 bits per heavy atom. The number of ether oxygens (including phenoxy) is 1. The molecule has 0 spiro atoms. The van der Waals surface area contributed by atoms with E-state index in [0.29, 0.717) is 22.0 Å². The number of alkyl halides is 3. The van der Waals surface area contributed by atoms with E-state index in [1.807, 2.05) is 0 Å². The lowest BCUT2D eigenvalue weighted by Crippen LogP contribution is -2.13. The number of rotatable bonds is 4. The number of methoxy groups -OCH3 is 1. The zero-order valence-electron chi connectivity index (χ0n) is 14.0. The van der Waals surface area contributed by atoms with E-state index < -0.39 is 17.9 Å². The van der Waals surface area contributed by atoms with Crippen molar-refractivity contribution in [1.29, 1.82) is 0 Å². The highest BCUT2D eigenvalue weighted by Gasteiger charge is 2.35. The number of benzene rings is 1. The minimum atomic E-state index is -4.52. The second-order valence-corrected chi connectivity index (χ2v) is 6.03. The van der Waals surface area contributed by atoms with Gasteiger partial charge in [-0.25, -0.2) is 0 Å². The van der Waals surface area contributed by atoms with Gasteiger partial charge in [0.15, 0.2) is 5.69 Å². The molecule has 0 N–H and O–H groups in total. The van der Waals surface area contributed by atoms with Crippen molar-refractivity contribution in [2.45, 2.75) is 26.1 Å². The Balaban J connectivity index is 1.96. The van der Waals surface area contributed by atoms with Crippen molar-refractivity contribution in [2.24, 2.45) is 0 Å². The van der Waals surface area contributed by atoms with Crippen LogP contribution in [0.15, 0.2) is 28.8 Å². The molecular formula is C16H14ClF3N4O2. The van der Waals surface area contributed by atoms with Crippen molar-refractivity contribution in [3.63, 3.8) is 0 Å². The highest BCUT2D eigenvalue weighted by molar-refractivity contribution is 6.30. The molecule has 0 bridgehead atoms. The van der Waals surface area contributed by atoms with Gasteiger partial charge in [0.25, 0.3) is 5.89 Å². The van der Waals surface area contributed by atoms with Crippen LogP contribution in [0.25, 0.3) is 11.4 Å². The Hall–Kier alpha value is -2.55. The summed E-state index contributed by atoms with van der Waals surface area (Å²) < 4.78 is 50.2. The normalized spacial score (nSPS) is 13.0. The monoisotopic (exact) mass is 386 g/mol. The Kier molecular flexibility index (Phi) is 4.66. The van der Waals surface area contributed by atoms with Crippen LogP contribution in [-0.4, -0.2) is 27.0 Å². The van der Waals surface area contributed by atoms with E-state index in [1.54, 1.807) is 25.1 Å². The smallest absolute Gasteiger partial charge is 0.435 e. The van der Waals surface area contributed by atoms with E-state index in [-0.39, 0.29) is 11.7 Å². The Bertz CT molecular complexity index is 936. The average Bonchev–Trinajstić information content (AvgIpc) is 3.20. The highest BCUT2D eigenvalue weighted by atomic mass is 35.5. The molecule has 10 heteroatoms. The fourth-order valence-electron chi connectivity index (χ4n) is 2.49. The summed E-state index contributed by atoms with van der Waals surface area (Å²) in [6.45, 7) is 3.14. The topological polar surface area (TPSA) is 66.0 Å². The van der Waals surface area contributed by atoms with Crippen molar-refractivity contribution in [3.05, 3.63) is 46.6 Å². The lowest BCUT2D eigenvalue weighted by Gasteiger charge is -2.09. The molecule has 2 heterocycles. The first-order chi connectivity index (χ1) is 12.2. The number of aryl methyl sites for hydroxylation is 1. The van der Waals surface area contributed by atoms with Gasteiger partial charge in [0.1, 0.15) is 11.8 Å². The van der Waals surface area contributed by atoms with Gasteiger partial charge in [0, 0.05) is 10.7 Å². The fourth-order valence-corrected chi connectivity index (χ4v) is 2.66. The zero-order chi connectivity index (χ0) is 19.1. The van der Waals surface area contributed by atoms with Crippen LogP contribution in [0.4, 0.5) is 13.2 Å². The van der Waals surface area contributed by atoms with E-state index in [1.165, 1.54) is 18.7 Å². The third kappa shape index (κ3) is 3.39. The van der Waals surface area contributed by atoms with Crippen LogP contribution in [0.1, 0.15) is 30.2 Å². The first-order valence-corrected chi connectivity index (χ1v) is 7.89. The Morgan fingerprint density at radius 3 is 2.62 bits per heavy atom. The van der Waals surface area contributed by atoms with Gasteiger partial charge in [-0.3, -0.25) is 4.68 Å². The van der Waals surface area contributed by atoms with Gasteiger partial charge in [0.05, 0.1) is 12.7 Å². The average molecular weight is 387 g/mol. The summed E-state index contributed by atoms with van der Waals surface area (Å²) in [7, 11) is 1.49. The van der Waals surface area contributed by atoms with E-state index in [4.69, 9.17) is 20.9 Å². The number of nitrogens with zero attached hydrogens (tertiary/aromatic N) is 4. The Morgan fingerprint density at radius 1 is 1.27 bits per heavy atom. The Labute approximate surface area is 151 Å². The molecule has 26 heavy (non-hydrogen) atoms. The van der Waals surface area contributed by atoms with Crippen LogP contribution in [0.3, 0.4) is 0 Å². The highest BCUT2D eigenvalue weighted by Crippen LogP contribution is 2.33. The minimum Gasteiger partial charge on any atom is -0.496 e. The summed E-state index contributed by atoms with van der Waals surface area (Å²) in [6, 6.07) is 5.20. The van der Waals surface area contributed by atoms with Crippen molar-refractivity contribution < 1.29 is 22.4 Å². The first kappa shape index (κ1) is 18.2. The van der Waals surface area contributed by atoms with E-state index in [0.717, 1.165) is 6.07 Å². The van der Waals surface area contributed by atoms with Crippen molar-refractivity contribution in [2.75, 3.05) is 7.11 Å². The van der Waals surface area contributed by atoms with Crippen molar-refractivity contribution >= 4 is 11.6 Å². The van der Waals surface area contributed by atoms with Gasteiger partial charge in [-0.15, -0.1) is 0 Å². The molecule has 3 aromatic rings. The first-order valence-electron chi connectivity index (χ1n) is 7.51. The van der Waals surface area contributed by atoms with Gasteiger partial charge in [-0.05, 0) is 38.1 Å². The van der Waals surface area contributed by atoms with Gasteiger partial charge in [0.2, 0.25) is 5.82 Å². The third-order valence-corrected chi connectivity index (χ3v) is 4.02. The quantitative estimate of drug-likeness (QED) is 0.659. The molecule has 0 amide bonds. The lowest BCUT2D eigenvalue weighted by atomic mass is 10.2. The molecule has 0 aliphatic carbocycles. The molecule has 0 aliphatic heterocycles. The number of hydrogen-bond donors (Lipinski definition) is 0. The lowest BCUT2D eigenvalue weighted by molar-refractivity contribution is -0.141. The van der Waals surface area contributed by atoms with Gasteiger partial charge < -0.3 is 9.26 Å². The fraction of sp³-hybridized carbons (Fsp3) is 0.312. The predicted molar refractivity (Wildman–Crippen MR) is 87.1 cm³/mol. The number of aromatic nitrogens is 4. The molecule has 138 valence electrons. The maximum absolute atomic E-state index is 12.8. The van der Waals surface area contributed by atoms with Crippen molar-refractivity contribution in [1.82, 2.24) is 19.9 Å². The van der Waals surface area contributed by atoms with Crippen LogP contribution < -0.4 is 4.74 Å². The second-order valence-electron chi connectivity index (χ2n) is 5.59. The SMILES string of the molecule is COc1ccc(Cl)cc1-c1noc(C(C)n2nc(C(F)(F)F)cc2C)n1. The van der Waals surface area contributed by atoms with Crippen LogP contribution in [0, 0.1) is 6.92 Å². The van der Waals surface area contributed by atoms with Gasteiger partial charge in [-0.1, -0.05) is 16.8 Å². The molecule has 0 saturated heterocycles. The maximum atomic E-state index is 12.8. The summed E-state index contributed by atoms with van der Waals surface area (Å²) in [6.07, 6.45) is -4.52. The molecule has 0 aliphatic rings. The van der Waals surface area contributed by atoms with E-state index >= 15 is 0 Å². The minimum absolute atomic E-state index is 0.113. The summed E-state index contributed by atoms with van der Waals surface area (Å²) >= 11 is 5.99. The van der Waals surface area contributed by atoms with Gasteiger partial charge >= 0.3 is 6.18 Å². The molecule has 2 aromatic heterocycles. The molecule has 1 atom stereocenters. The van der Waals surface area contributed by atoms with Crippen LogP contribution >= 0.6 is 11.6 Å². The molecular weight excluding hydrogens is 373 g/mol. The number of hydrogen-bond acceptors (Lipinski definition) is 5. The molecule has 0 saturated carbocycles. The molecule has 1 aromatic carbocycles. The van der Waals surface area contributed by atoms with Crippen LogP contribution in [-0.2, 0) is 6.18 Å². The largest absolute Gasteiger partial charge is 0.496 e. The molecule has 3 rings (SSSR count). The number of halogens is 4. The molecule has 0 radical (unpaired) electrons. The molecule has 1 unspecified atom stereocenters. The standard InChI is InChI=1S/C16H14ClF3N4O2/c1-8-6-13(16(18,19)20)22-24(8)9(2)15-21-14(23-26-15)11-7-10(17)4-5-12(11)25-3/h4-7,9H,1-3H3.